The smallest absolute Gasteiger partial charge is 0.170 e. The van der Waals surface area contributed by atoms with Crippen LogP contribution in [0.5, 0.6) is 0 Å². The minimum absolute atomic E-state index is 0.0846. The van der Waals surface area contributed by atoms with Gasteiger partial charge in [0.1, 0.15) is 6.33 Å². The van der Waals surface area contributed by atoms with Gasteiger partial charge in [-0.05, 0) is 0 Å². The van der Waals surface area contributed by atoms with Gasteiger partial charge in [0.25, 0.3) is 0 Å². The van der Waals surface area contributed by atoms with Crippen molar-refractivity contribution in [3.8, 4) is 0 Å². The lowest BCUT2D eigenvalue weighted by molar-refractivity contribution is -0.150. The largest absolute Gasteiger partial charge is 0.381 e. The average Bonchev–Trinajstić information content (AvgIpc) is 2.77. The Balaban J connectivity index is 1.89. The van der Waals surface area contributed by atoms with Crippen LogP contribution in [-0.2, 0) is 16.5 Å². The highest BCUT2D eigenvalue weighted by Gasteiger charge is 2.45. The molecule has 2 fully saturated rings. The van der Waals surface area contributed by atoms with E-state index >= 15 is 0 Å². The van der Waals surface area contributed by atoms with Crippen molar-refractivity contribution in [1.29, 1.82) is 0 Å². The number of ether oxygens (including phenoxy) is 2. The molecule has 1 unspecified atom stereocenters. The van der Waals surface area contributed by atoms with Crippen LogP contribution in [0.15, 0.2) is 6.33 Å². The standard InChI is InChI=1S/C11H18N4O2/c1-15-8-13-10(14-15)9-11(17-7-4-12-9)2-5-16-6-3-11/h8-9,12H,2-7H2,1H3. The van der Waals surface area contributed by atoms with Crippen LogP contribution in [-0.4, -0.2) is 46.7 Å². The zero-order chi connectivity index (χ0) is 11.7. The number of morpholine rings is 1. The highest BCUT2D eigenvalue weighted by Crippen LogP contribution is 2.38. The summed E-state index contributed by atoms with van der Waals surface area (Å²) < 4.78 is 13.2. The van der Waals surface area contributed by atoms with Crippen molar-refractivity contribution in [1.82, 2.24) is 20.1 Å². The van der Waals surface area contributed by atoms with E-state index in [0.29, 0.717) is 0 Å². The fourth-order valence-electron chi connectivity index (χ4n) is 2.69. The van der Waals surface area contributed by atoms with E-state index in [1.165, 1.54) is 0 Å². The summed E-state index contributed by atoms with van der Waals surface area (Å²) in [5.41, 5.74) is -0.183. The Morgan fingerprint density at radius 2 is 2.24 bits per heavy atom. The quantitative estimate of drug-likeness (QED) is 0.747. The molecule has 0 radical (unpaired) electrons. The van der Waals surface area contributed by atoms with Gasteiger partial charge < -0.3 is 14.8 Å². The van der Waals surface area contributed by atoms with Gasteiger partial charge in [-0.1, -0.05) is 0 Å². The summed E-state index contributed by atoms with van der Waals surface area (Å²) in [6.45, 7) is 3.12. The SMILES string of the molecule is Cn1cnc(C2NCCOC23CCOCC3)n1. The van der Waals surface area contributed by atoms with Crippen LogP contribution in [0.4, 0.5) is 0 Å². The average molecular weight is 238 g/mol. The number of nitrogens with zero attached hydrogens (tertiary/aromatic N) is 3. The van der Waals surface area contributed by atoms with Crippen molar-refractivity contribution in [3.05, 3.63) is 12.2 Å². The van der Waals surface area contributed by atoms with Gasteiger partial charge >= 0.3 is 0 Å². The predicted octanol–water partition coefficient (Wildman–Crippen LogP) is 0.0252. The lowest BCUT2D eigenvalue weighted by Gasteiger charge is -2.45. The normalized spacial score (nSPS) is 28.4. The van der Waals surface area contributed by atoms with Gasteiger partial charge in [0.2, 0.25) is 0 Å². The maximum atomic E-state index is 6.05. The first-order chi connectivity index (χ1) is 8.30. The van der Waals surface area contributed by atoms with Crippen LogP contribution in [0.1, 0.15) is 24.7 Å². The fourth-order valence-corrected chi connectivity index (χ4v) is 2.69. The fraction of sp³-hybridized carbons (Fsp3) is 0.818. The number of hydrogen-bond donors (Lipinski definition) is 1. The zero-order valence-corrected chi connectivity index (χ0v) is 10.1. The Labute approximate surface area is 100 Å². The Morgan fingerprint density at radius 1 is 1.41 bits per heavy atom. The van der Waals surface area contributed by atoms with E-state index in [0.717, 1.165) is 45.0 Å². The second kappa shape index (κ2) is 4.36. The van der Waals surface area contributed by atoms with Gasteiger partial charge in [-0.2, -0.15) is 5.10 Å². The molecule has 6 heteroatoms. The summed E-state index contributed by atoms with van der Waals surface area (Å²) in [5, 5.41) is 7.90. The molecular formula is C11H18N4O2. The third-order valence-corrected chi connectivity index (χ3v) is 3.58. The minimum Gasteiger partial charge on any atom is -0.381 e. The van der Waals surface area contributed by atoms with Crippen molar-refractivity contribution in [2.24, 2.45) is 7.05 Å². The minimum atomic E-state index is -0.183. The number of aryl methyl sites for hydroxylation is 1. The van der Waals surface area contributed by atoms with E-state index in [1.54, 1.807) is 11.0 Å². The van der Waals surface area contributed by atoms with Gasteiger partial charge in [-0.25, -0.2) is 4.98 Å². The van der Waals surface area contributed by atoms with E-state index < -0.39 is 0 Å². The van der Waals surface area contributed by atoms with E-state index in [1.807, 2.05) is 7.05 Å². The van der Waals surface area contributed by atoms with Gasteiger partial charge in [-0.15, -0.1) is 0 Å². The number of rotatable bonds is 1. The molecule has 1 aromatic heterocycles. The summed E-state index contributed by atoms with van der Waals surface area (Å²) in [7, 11) is 1.89. The molecular weight excluding hydrogens is 220 g/mol. The molecule has 0 saturated carbocycles. The number of nitrogens with one attached hydrogen (secondary N) is 1. The number of aromatic nitrogens is 3. The molecule has 1 aromatic rings. The monoisotopic (exact) mass is 238 g/mol. The molecule has 17 heavy (non-hydrogen) atoms. The Kier molecular flexibility index (Phi) is 2.85. The van der Waals surface area contributed by atoms with Crippen molar-refractivity contribution >= 4 is 0 Å². The van der Waals surface area contributed by atoms with Crippen molar-refractivity contribution < 1.29 is 9.47 Å². The van der Waals surface area contributed by atoms with Crippen LogP contribution >= 0.6 is 0 Å². The summed E-state index contributed by atoms with van der Waals surface area (Å²) >= 11 is 0. The summed E-state index contributed by atoms with van der Waals surface area (Å²) in [6, 6.07) is 0.0846. The van der Waals surface area contributed by atoms with Gasteiger partial charge in [0.15, 0.2) is 5.82 Å². The molecule has 94 valence electrons. The first-order valence-corrected chi connectivity index (χ1v) is 6.11. The zero-order valence-electron chi connectivity index (χ0n) is 10.1. The molecule has 1 atom stereocenters. The second-order valence-corrected chi connectivity index (χ2v) is 4.69. The van der Waals surface area contributed by atoms with E-state index in [-0.39, 0.29) is 11.6 Å². The summed E-state index contributed by atoms with van der Waals surface area (Å²) in [4.78, 5) is 4.36. The first-order valence-electron chi connectivity index (χ1n) is 6.11. The van der Waals surface area contributed by atoms with Gasteiger partial charge in [0.05, 0.1) is 18.2 Å². The molecule has 0 aromatic carbocycles. The van der Waals surface area contributed by atoms with Crippen LogP contribution in [0, 0.1) is 0 Å². The Morgan fingerprint density at radius 3 is 2.94 bits per heavy atom. The molecule has 2 saturated heterocycles. The van der Waals surface area contributed by atoms with Crippen LogP contribution in [0.2, 0.25) is 0 Å². The maximum Gasteiger partial charge on any atom is 0.170 e. The topological polar surface area (TPSA) is 61.2 Å². The molecule has 2 aliphatic heterocycles. The first kappa shape index (κ1) is 11.1. The van der Waals surface area contributed by atoms with Crippen LogP contribution < -0.4 is 5.32 Å². The molecule has 1 spiro atoms. The maximum absolute atomic E-state index is 6.05. The molecule has 0 amide bonds. The van der Waals surface area contributed by atoms with E-state index in [4.69, 9.17) is 9.47 Å². The third kappa shape index (κ3) is 1.96. The second-order valence-electron chi connectivity index (χ2n) is 4.69. The van der Waals surface area contributed by atoms with Gasteiger partial charge in [0, 0.05) is 39.6 Å². The lowest BCUT2D eigenvalue weighted by Crippen LogP contribution is -2.55. The van der Waals surface area contributed by atoms with Crippen LogP contribution in [0.25, 0.3) is 0 Å². The van der Waals surface area contributed by atoms with E-state index in [2.05, 4.69) is 15.4 Å². The predicted molar refractivity (Wildman–Crippen MR) is 60.5 cm³/mol. The van der Waals surface area contributed by atoms with E-state index in [9.17, 15) is 0 Å². The van der Waals surface area contributed by atoms with Crippen LogP contribution in [0.3, 0.4) is 0 Å². The Hall–Kier alpha value is -0.980. The lowest BCUT2D eigenvalue weighted by atomic mass is 9.84. The Bertz CT molecular complexity index is 378. The summed E-state index contributed by atoms with van der Waals surface area (Å²) in [6.07, 6.45) is 3.55. The van der Waals surface area contributed by atoms with Crippen molar-refractivity contribution in [2.45, 2.75) is 24.5 Å². The van der Waals surface area contributed by atoms with Crippen molar-refractivity contribution in [3.63, 3.8) is 0 Å². The molecule has 6 nitrogen and oxygen atoms in total. The molecule has 0 bridgehead atoms. The molecule has 3 heterocycles. The molecule has 2 aliphatic rings. The summed E-state index contributed by atoms with van der Waals surface area (Å²) in [5.74, 6) is 0.828. The highest BCUT2D eigenvalue weighted by molar-refractivity contribution is 5.07. The van der Waals surface area contributed by atoms with Crippen molar-refractivity contribution in [2.75, 3.05) is 26.4 Å². The molecule has 0 aliphatic carbocycles. The molecule has 1 N–H and O–H groups in total. The van der Waals surface area contributed by atoms with Gasteiger partial charge in [-0.3, -0.25) is 4.68 Å². The number of hydrogen-bond acceptors (Lipinski definition) is 5. The molecule has 3 rings (SSSR count). The third-order valence-electron chi connectivity index (χ3n) is 3.58. The highest BCUT2D eigenvalue weighted by atomic mass is 16.5.